The molecule has 0 aliphatic heterocycles. The maximum atomic E-state index is 13.1. The van der Waals surface area contributed by atoms with E-state index >= 15 is 0 Å². The van der Waals surface area contributed by atoms with Crippen molar-refractivity contribution < 1.29 is 24.5 Å². The second kappa shape index (κ2) is 45.6. The van der Waals surface area contributed by atoms with E-state index in [1.54, 1.807) is 0 Å². The molecular formula is C52H93NO5. The lowest BCUT2D eigenvalue weighted by molar-refractivity contribution is -0.151. The van der Waals surface area contributed by atoms with Crippen LogP contribution < -0.4 is 5.32 Å². The molecule has 3 N–H and O–H groups in total. The summed E-state index contributed by atoms with van der Waals surface area (Å²) in [6.07, 6.45) is 55.6. The van der Waals surface area contributed by atoms with Crippen LogP contribution in [0.5, 0.6) is 0 Å². The van der Waals surface area contributed by atoms with Crippen LogP contribution in [0.1, 0.15) is 233 Å². The summed E-state index contributed by atoms with van der Waals surface area (Å²) in [4.78, 5) is 26.0. The molecule has 0 aromatic carbocycles. The third-order valence-corrected chi connectivity index (χ3v) is 10.8. The van der Waals surface area contributed by atoms with Gasteiger partial charge >= 0.3 is 5.97 Å². The quantitative estimate of drug-likeness (QED) is 0.0247. The van der Waals surface area contributed by atoms with Gasteiger partial charge in [-0.2, -0.15) is 0 Å². The van der Waals surface area contributed by atoms with Crippen LogP contribution in [0.15, 0.2) is 60.8 Å². The lowest BCUT2D eigenvalue weighted by Gasteiger charge is -2.24. The maximum absolute atomic E-state index is 13.1. The number of nitrogens with one attached hydrogen (secondary N) is 1. The fraction of sp³-hybridized carbons (Fsp3) is 0.769. The number of unbranched alkanes of at least 4 members (excludes halogenated alkanes) is 22. The van der Waals surface area contributed by atoms with Gasteiger partial charge in [0.1, 0.15) is 6.10 Å². The normalized spacial score (nSPS) is 13.8. The van der Waals surface area contributed by atoms with Gasteiger partial charge in [0.15, 0.2) is 0 Å². The number of carbonyl (C=O) groups excluding carboxylic acids is 2. The van der Waals surface area contributed by atoms with Crippen molar-refractivity contribution in [1.29, 1.82) is 0 Å². The highest BCUT2D eigenvalue weighted by molar-refractivity contribution is 5.77. The molecule has 0 heterocycles. The average molecular weight is 812 g/mol. The number of rotatable bonds is 43. The molecule has 0 aromatic rings. The Balaban J connectivity index is 4.65. The average Bonchev–Trinajstić information content (AvgIpc) is 3.22. The minimum Gasteiger partial charge on any atom is -0.462 e. The van der Waals surface area contributed by atoms with Gasteiger partial charge in [-0.3, -0.25) is 9.59 Å². The minimum absolute atomic E-state index is 0.0532. The zero-order valence-electron chi connectivity index (χ0n) is 38.2. The van der Waals surface area contributed by atoms with Gasteiger partial charge in [-0.1, -0.05) is 191 Å². The van der Waals surface area contributed by atoms with Crippen molar-refractivity contribution in [2.45, 2.75) is 251 Å². The number of carbonyl (C=O) groups is 2. The summed E-state index contributed by atoms with van der Waals surface area (Å²) in [5, 5.41) is 23.6. The first-order valence-corrected chi connectivity index (χ1v) is 24.5. The predicted molar refractivity (Wildman–Crippen MR) is 250 cm³/mol. The zero-order valence-corrected chi connectivity index (χ0v) is 38.2. The second-order valence-electron chi connectivity index (χ2n) is 16.5. The molecule has 0 radical (unpaired) electrons. The Labute approximate surface area is 358 Å². The Morgan fingerprint density at radius 3 is 1.47 bits per heavy atom. The van der Waals surface area contributed by atoms with Gasteiger partial charge in [-0.15, -0.1) is 0 Å². The topological polar surface area (TPSA) is 95.9 Å². The number of hydrogen-bond acceptors (Lipinski definition) is 5. The highest BCUT2D eigenvalue weighted by atomic mass is 16.5. The summed E-state index contributed by atoms with van der Waals surface area (Å²) in [5.74, 6) is -0.522. The number of allylic oxidation sites excluding steroid dienone is 10. The fourth-order valence-corrected chi connectivity index (χ4v) is 7.07. The molecule has 0 saturated carbocycles. The summed E-state index contributed by atoms with van der Waals surface area (Å²) < 4.78 is 5.90. The Bertz CT molecular complexity index is 1050. The Morgan fingerprint density at radius 1 is 0.517 bits per heavy atom. The Morgan fingerprint density at radius 2 is 0.931 bits per heavy atom. The van der Waals surface area contributed by atoms with Crippen molar-refractivity contribution in [3.05, 3.63) is 60.8 Å². The maximum Gasteiger partial charge on any atom is 0.306 e. The van der Waals surface area contributed by atoms with Gasteiger partial charge in [-0.25, -0.2) is 0 Å². The molecule has 336 valence electrons. The number of aliphatic hydroxyl groups is 2. The lowest BCUT2D eigenvalue weighted by atomic mass is 10.0. The number of aliphatic hydroxyl groups excluding tert-OH is 2. The first-order chi connectivity index (χ1) is 28.5. The molecule has 6 nitrogen and oxygen atoms in total. The van der Waals surface area contributed by atoms with E-state index in [-0.39, 0.29) is 24.9 Å². The second-order valence-corrected chi connectivity index (χ2v) is 16.5. The molecular weight excluding hydrogens is 719 g/mol. The van der Waals surface area contributed by atoms with Crippen molar-refractivity contribution in [2.75, 3.05) is 6.61 Å². The fourth-order valence-electron chi connectivity index (χ4n) is 7.07. The van der Waals surface area contributed by atoms with E-state index in [4.69, 9.17) is 4.74 Å². The molecule has 0 bridgehead atoms. The van der Waals surface area contributed by atoms with Crippen LogP contribution in [0.4, 0.5) is 0 Å². The van der Waals surface area contributed by atoms with Crippen LogP contribution in [0.3, 0.4) is 0 Å². The van der Waals surface area contributed by atoms with Crippen LogP contribution >= 0.6 is 0 Å². The largest absolute Gasteiger partial charge is 0.462 e. The van der Waals surface area contributed by atoms with Gasteiger partial charge in [0.05, 0.1) is 25.2 Å². The third kappa shape index (κ3) is 40.3. The van der Waals surface area contributed by atoms with Crippen LogP contribution in [-0.4, -0.2) is 46.9 Å². The van der Waals surface area contributed by atoms with Crippen LogP contribution in [0, 0.1) is 0 Å². The van der Waals surface area contributed by atoms with E-state index in [1.165, 1.54) is 83.5 Å². The first kappa shape index (κ1) is 55.6. The number of ether oxygens (including phenoxy) is 1. The van der Waals surface area contributed by atoms with Gasteiger partial charge in [0.2, 0.25) is 5.91 Å². The van der Waals surface area contributed by atoms with Gasteiger partial charge < -0.3 is 20.3 Å². The van der Waals surface area contributed by atoms with Crippen LogP contribution in [-0.2, 0) is 14.3 Å². The minimum atomic E-state index is -0.796. The zero-order chi connectivity index (χ0) is 42.4. The van der Waals surface area contributed by atoms with E-state index in [0.29, 0.717) is 19.3 Å². The SMILES string of the molecule is CCCCC/C=C\C/C=C\C/C=C\CCCCCCC(=O)OC(CCCCCC/C=C/C=C/CCCCC)CC(=O)NC(CO)C(O)CCCCCCCCCCC. The van der Waals surface area contributed by atoms with Gasteiger partial charge in [-0.05, 0) is 89.9 Å². The van der Waals surface area contributed by atoms with Crippen LogP contribution in [0.2, 0.25) is 0 Å². The smallest absolute Gasteiger partial charge is 0.306 e. The van der Waals surface area contributed by atoms with Crippen molar-refractivity contribution in [1.82, 2.24) is 5.32 Å². The van der Waals surface area contributed by atoms with Crippen molar-refractivity contribution >= 4 is 11.9 Å². The summed E-state index contributed by atoms with van der Waals surface area (Å²) in [6.45, 7) is 6.38. The molecule has 0 spiro atoms. The molecule has 1 amide bonds. The van der Waals surface area contributed by atoms with Crippen molar-refractivity contribution in [2.24, 2.45) is 0 Å². The Hall–Kier alpha value is -2.44. The molecule has 0 saturated heterocycles. The van der Waals surface area contributed by atoms with E-state index in [9.17, 15) is 19.8 Å². The summed E-state index contributed by atoms with van der Waals surface area (Å²) in [7, 11) is 0. The predicted octanol–water partition coefficient (Wildman–Crippen LogP) is 14.5. The highest BCUT2D eigenvalue weighted by Gasteiger charge is 2.24. The molecule has 0 aliphatic carbocycles. The summed E-state index contributed by atoms with van der Waals surface area (Å²) in [6, 6.07) is -0.712. The van der Waals surface area contributed by atoms with Gasteiger partial charge in [0.25, 0.3) is 0 Å². The monoisotopic (exact) mass is 812 g/mol. The van der Waals surface area contributed by atoms with E-state index in [0.717, 1.165) is 103 Å². The van der Waals surface area contributed by atoms with E-state index in [1.807, 2.05) is 0 Å². The number of hydrogen-bond donors (Lipinski definition) is 3. The lowest BCUT2D eigenvalue weighted by Crippen LogP contribution is -2.46. The van der Waals surface area contributed by atoms with Crippen molar-refractivity contribution in [3.63, 3.8) is 0 Å². The standard InChI is InChI=1S/C52H93NO5/c1-4-7-10-13-16-19-21-23-24-25-26-28-30-33-36-39-42-45-52(57)58-48(43-40-37-34-32-29-27-22-20-17-14-11-8-5-2)46-51(56)53-49(47-54)50(55)44-41-38-35-31-18-15-12-9-6-3/h16-17,19-20,22-24,26-28,48-50,54-55H,4-15,18,21,25,29-47H2,1-3H3,(H,53,56)/b19-16-,20-17+,24-23-,27-22+,28-26-. The van der Waals surface area contributed by atoms with E-state index in [2.05, 4.69) is 86.8 Å². The molecule has 0 rings (SSSR count). The molecule has 3 atom stereocenters. The molecule has 0 fully saturated rings. The summed E-state index contributed by atoms with van der Waals surface area (Å²) >= 11 is 0. The molecule has 3 unspecified atom stereocenters. The molecule has 0 aromatic heterocycles. The van der Waals surface area contributed by atoms with Crippen LogP contribution in [0.25, 0.3) is 0 Å². The third-order valence-electron chi connectivity index (χ3n) is 10.8. The molecule has 6 heteroatoms. The van der Waals surface area contributed by atoms with Crippen molar-refractivity contribution in [3.8, 4) is 0 Å². The Kier molecular flexibility index (Phi) is 43.7. The highest BCUT2D eigenvalue weighted by Crippen LogP contribution is 2.17. The number of amides is 1. The van der Waals surface area contributed by atoms with E-state index < -0.39 is 18.2 Å². The first-order valence-electron chi connectivity index (χ1n) is 24.5. The molecule has 0 aliphatic rings. The summed E-state index contributed by atoms with van der Waals surface area (Å²) in [5.41, 5.74) is 0. The van der Waals surface area contributed by atoms with Gasteiger partial charge in [0, 0.05) is 6.42 Å². The molecule has 58 heavy (non-hydrogen) atoms. The number of esters is 1.